The maximum atomic E-state index is 12.1. The summed E-state index contributed by atoms with van der Waals surface area (Å²) in [7, 11) is 1.17. The van der Waals surface area contributed by atoms with Crippen LogP contribution in [0.4, 0.5) is 13.2 Å². The molecule has 17 heavy (non-hydrogen) atoms. The minimum atomic E-state index is -4.91. The van der Waals surface area contributed by atoms with Crippen molar-refractivity contribution < 1.29 is 27.4 Å². The van der Waals surface area contributed by atoms with Gasteiger partial charge in [0.2, 0.25) is 5.88 Å². The minimum Gasteiger partial charge on any atom is -0.480 e. The molecule has 0 N–H and O–H groups in total. The van der Waals surface area contributed by atoms with Crippen LogP contribution >= 0.6 is 11.6 Å². The summed E-state index contributed by atoms with van der Waals surface area (Å²) in [4.78, 5) is 14.4. The van der Waals surface area contributed by atoms with Gasteiger partial charge in [0.1, 0.15) is 11.3 Å². The first-order valence-corrected chi connectivity index (χ1v) is 4.79. The fourth-order valence-electron chi connectivity index (χ4n) is 1.10. The zero-order valence-corrected chi connectivity index (χ0v) is 9.30. The molecule has 1 aromatic heterocycles. The second kappa shape index (κ2) is 5.22. The normalized spacial score (nSPS) is 11.1. The zero-order valence-electron chi connectivity index (χ0n) is 8.55. The summed E-state index contributed by atoms with van der Waals surface area (Å²) in [5, 5.41) is 0. The number of methoxy groups -OCH3 is 1. The maximum Gasteiger partial charge on any atom is 0.573 e. The molecule has 0 spiro atoms. The van der Waals surface area contributed by atoms with Gasteiger partial charge in [0.15, 0.2) is 6.29 Å². The lowest BCUT2D eigenvalue weighted by molar-refractivity contribution is -0.274. The van der Waals surface area contributed by atoms with Crippen molar-refractivity contribution in [2.24, 2.45) is 0 Å². The molecule has 1 heterocycles. The summed E-state index contributed by atoms with van der Waals surface area (Å²) in [5.41, 5.74) is -0.313. The average molecular weight is 270 g/mol. The Balaban J connectivity index is 3.29. The standard InChI is InChI=1S/C9H7ClF3NO3/c1-16-8-6(4-15)7(17-9(11,12)13)2-5(3-10)14-8/h2,4H,3H2,1H3. The fourth-order valence-corrected chi connectivity index (χ4v) is 1.24. The van der Waals surface area contributed by atoms with Gasteiger partial charge in [-0.15, -0.1) is 24.8 Å². The number of carbonyl (C=O) groups excluding carboxylic acids is 1. The number of carbonyl (C=O) groups is 1. The number of pyridine rings is 1. The van der Waals surface area contributed by atoms with Crippen LogP contribution in [0.2, 0.25) is 0 Å². The molecule has 0 aliphatic carbocycles. The fraction of sp³-hybridized carbons (Fsp3) is 0.333. The van der Waals surface area contributed by atoms with Crippen molar-refractivity contribution >= 4 is 17.9 Å². The van der Waals surface area contributed by atoms with Crippen molar-refractivity contribution in [1.82, 2.24) is 4.98 Å². The van der Waals surface area contributed by atoms with Gasteiger partial charge >= 0.3 is 6.36 Å². The number of aldehydes is 1. The Bertz CT molecular complexity index is 423. The number of ether oxygens (including phenoxy) is 2. The number of hydrogen-bond donors (Lipinski definition) is 0. The third-order valence-corrected chi connectivity index (χ3v) is 1.99. The Morgan fingerprint density at radius 3 is 2.59 bits per heavy atom. The van der Waals surface area contributed by atoms with Crippen molar-refractivity contribution in [2.45, 2.75) is 12.2 Å². The molecular weight excluding hydrogens is 263 g/mol. The Kier molecular flexibility index (Phi) is 4.17. The number of hydrogen-bond acceptors (Lipinski definition) is 4. The summed E-state index contributed by atoms with van der Waals surface area (Å²) < 4.78 is 44.7. The molecule has 8 heteroatoms. The summed E-state index contributed by atoms with van der Waals surface area (Å²) in [6.07, 6.45) is -4.74. The zero-order chi connectivity index (χ0) is 13.1. The molecular formula is C9H7ClF3NO3. The molecule has 0 radical (unpaired) electrons. The largest absolute Gasteiger partial charge is 0.573 e. The number of rotatable bonds is 4. The SMILES string of the molecule is COc1nc(CCl)cc(OC(F)(F)F)c1C=O. The third kappa shape index (κ3) is 3.48. The predicted molar refractivity (Wildman–Crippen MR) is 52.4 cm³/mol. The van der Waals surface area contributed by atoms with Crippen molar-refractivity contribution in [2.75, 3.05) is 7.11 Å². The minimum absolute atomic E-state index is 0.105. The van der Waals surface area contributed by atoms with Crippen LogP contribution < -0.4 is 9.47 Å². The molecule has 0 aromatic carbocycles. The van der Waals surface area contributed by atoms with Gasteiger partial charge in [0, 0.05) is 6.07 Å². The Hall–Kier alpha value is -1.50. The summed E-state index contributed by atoms with van der Waals surface area (Å²) >= 11 is 5.45. The average Bonchev–Trinajstić information content (AvgIpc) is 2.25. The summed E-state index contributed by atoms with van der Waals surface area (Å²) in [6.45, 7) is 0. The van der Waals surface area contributed by atoms with E-state index in [4.69, 9.17) is 11.6 Å². The number of aromatic nitrogens is 1. The van der Waals surface area contributed by atoms with Gasteiger partial charge in [0.25, 0.3) is 0 Å². The number of halogens is 4. The van der Waals surface area contributed by atoms with E-state index in [1.165, 1.54) is 7.11 Å². The topological polar surface area (TPSA) is 48.4 Å². The second-order valence-corrected chi connectivity index (χ2v) is 3.10. The molecule has 0 saturated heterocycles. The van der Waals surface area contributed by atoms with Crippen LogP contribution in [0.15, 0.2) is 6.07 Å². The molecule has 0 aliphatic rings. The molecule has 0 atom stereocenters. The summed E-state index contributed by atoms with van der Waals surface area (Å²) in [5.74, 6) is -1.09. The van der Waals surface area contributed by atoms with Gasteiger partial charge in [-0.05, 0) is 0 Å². The lowest BCUT2D eigenvalue weighted by atomic mass is 10.2. The number of nitrogens with zero attached hydrogens (tertiary/aromatic N) is 1. The van der Waals surface area contributed by atoms with Gasteiger partial charge in [-0.2, -0.15) is 0 Å². The van der Waals surface area contributed by atoms with Crippen LogP contribution in [0.1, 0.15) is 16.1 Å². The van der Waals surface area contributed by atoms with Gasteiger partial charge < -0.3 is 9.47 Å². The van der Waals surface area contributed by atoms with E-state index < -0.39 is 17.7 Å². The lowest BCUT2D eigenvalue weighted by Crippen LogP contribution is -2.18. The van der Waals surface area contributed by atoms with E-state index in [-0.39, 0.29) is 23.7 Å². The highest BCUT2D eigenvalue weighted by atomic mass is 35.5. The van der Waals surface area contributed by atoms with Gasteiger partial charge in [-0.25, -0.2) is 4.98 Å². The highest BCUT2D eigenvalue weighted by Crippen LogP contribution is 2.31. The van der Waals surface area contributed by atoms with E-state index >= 15 is 0 Å². The molecule has 0 fully saturated rings. The van der Waals surface area contributed by atoms with Crippen LogP contribution in [-0.2, 0) is 5.88 Å². The van der Waals surface area contributed by atoms with E-state index in [1.807, 2.05) is 0 Å². The molecule has 1 rings (SSSR count). The first kappa shape index (κ1) is 13.6. The van der Waals surface area contributed by atoms with E-state index in [0.717, 1.165) is 6.07 Å². The molecule has 0 unspecified atom stereocenters. The smallest absolute Gasteiger partial charge is 0.480 e. The van der Waals surface area contributed by atoms with Crippen molar-refractivity contribution in [1.29, 1.82) is 0 Å². The van der Waals surface area contributed by atoms with Crippen LogP contribution in [0.5, 0.6) is 11.6 Å². The van der Waals surface area contributed by atoms with E-state index in [1.54, 1.807) is 0 Å². The Labute approximate surface area is 99.3 Å². The second-order valence-electron chi connectivity index (χ2n) is 2.83. The molecule has 0 aliphatic heterocycles. The van der Waals surface area contributed by atoms with Crippen molar-refractivity contribution in [3.63, 3.8) is 0 Å². The molecule has 0 saturated carbocycles. The quantitative estimate of drug-likeness (QED) is 0.622. The monoisotopic (exact) mass is 269 g/mol. The first-order chi connectivity index (χ1) is 7.91. The highest BCUT2D eigenvalue weighted by molar-refractivity contribution is 6.16. The van der Waals surface area contributed by atoms with Crippen LogP contribution in [0, 0.1) is 0 Å². The summed E-state index contributed by atoms with van der Waals surface area (Å²) in [6, 6.07) is 0.937. The van der Waals surface area contributed by atoms with Crippen LogP contribution in [0.3, 0.4) is 0 Å². The Morgan fingerprint density at radius 1 is 1.53 bits per heavy atom. The van der Waals surface area contributed by atoms with Gasteiger partial charge in [0.05, 0.1) is 18.7 Å². The number of alkyl halides is 4. The molecule has 0 amide bonds. The van der Waals surface area contributed by atoms with Crippen LogP contribution in [-0.4, -0.2) is 24.7 Å². The van der Waals surface area contributed by atoms with Crippen molar-refractivity contribution in [3.8, 4) is 11.6 Å². The molecule has 1 aromatic rings. The molecule has 0 bridgehead atoms. The first-order valence-electron chi connectivity index (χ1n) is 4.26. The van der Waals surface area contributed by atoms with Crippen molar-refractivity contribution in [3.05, 3.63) is 17.3 Å². The van der Waals surface area contributed by atoms with E-state index in [9.17, 15) is 18.0 Å². The van der Waals surface area contributed by atoms with Gasteiger partial charge in [-0.1, -0.05) is 0 Å². The van der Waals surface area contributed by atoms with E-state index in [2.05, 4.69) is 14.5 Å². The maximum absolute atomic E-state index is 12.1. The Morgan fingerprint density at radius 2 is 2.18 bits per heavy atom. The third-order valence-electron chi connectivity index (χ3n) is 1.71. The highest BCUT2D eigenvalue weighted by Gasteiger charge is 2.33. The van der Waals surface area contributed by atoms with E-state index in [0.29, 0.717) is 0 Å². The predicted octanol–water partition coefficient (Wildman–Crippen LogP) is 2.54. The lowest BCUT2D eigenvalue weighted by Gasteiger charge is -2.13. The van der Waals surface area contributed by atoms with Gasteiger partial charge in [-0.3, -0.25) is 4.79 Å². The molecule has 94 valence electrons. The van der Waals surface area contributed by atoms with Crippen LogP contribution in [0.25, 0.3) is 0 Å². The molecule has 4 nitrogen and oxygen atoms in total.